The van der Waals surface area contributed by atoms with E-state index in [4.69, 9.17) is 0 Å². The number of ketones is 1. The van der Waals surface area contributed by atoms with Crippen LogP contribution in [0.15, 0.2) is 18.2 Å². The average molecular weight is 271 g/mol. The fourth-order valence-electron chi connectivity index (χ4n) is 1.69. The highest BCUT2D eigenvalue weighted by molar-refractivity contribution is 9.09. The van der Waals surface area contributed by atoms with Crippen LogP contribution < -0.4 is 0 Å². The monoisotopic (exact) mass is 270 g/mol. The number of alkyl halides is 1. The van der Waals surface area contributed by atoms with E-state index in [1.807, 2.05) is 25.1 Å². The van der Waals surface area contributed by atoms with Crippen molar-refractivity contribution in [1.29, 1.82) is 0 Å². The Bertz CT molecular complexity index is 361. The number of Topliss-reactive ketones (excluding diaryl/α,β-unsaturated/α-hetero) is 1. The van der Waals surface area contributed by atoms with Crippen LogP contribution in [-0.2, 0) is 17.8 Å². The lowest BCUT2D eigenvalue weighted by Crippen LogP contribution is -2.06. The maximum Gasteiger partial charge on any atom is 0.147 e. The Kier molecular flexibility index (Phi) is 4.48. The van der Waals surface area contributed by atoms with E-state index in [9.17, 15) is 9.90 Å². The van der Waals surface area contributed by atoms with E-state index in [0.29, 0.717) is 0 Å². The molecular weight excluding hydrogens is 256 g/mol. The summed E-state index contributed by atoms with van der Waals surface area (Å²) in [5.41, 5.74) is 2.94. The molecule has 0 spiro atoms. The molecule has 0 heterocycles. The zero-order valence-electron chi connectivity index (χ0n) is 8.96. The zero-order valence-corrected chi connectivity index (χ0v) is 10.5. The molecule has 0 saturated carbocycles. The van der Waals surface area contributed by atoms with Gasteiger partial charge in [0.25, 0.3) is 0 Å². The second kappa shape index (κ2) is 5.42. The molecular formula is C12H15BrO2. The fourth-order valence-corrected chi connectivity index (χ4v) is 2.12. The Morgan fingerprint density at radius 1 is 1.53 bits per heavy atom. The number of carbonyl (C=O) groups is 1. The standard InChI is InChI=1S/C12H15BrO2/c1-3-10-9(7-14)5-4-6-11(10)12(13)8(2)15/h4-6,12,14H,3,7H2,1-2H3. The van der Waals surface area contributed by atoms with Crippen molar-refractivity contribution >= 4 is 21.7 Å². The third kappa shape index (κ3) is 2.67. The molecule has 1 unspecified atom stereocenters. The predicted octanol–water partition coefficient (Wildman–Crippen LogP) is 2.77. The van der Waals surface area contributed by atoms with E-state index in [0.717, 1.165) is 23.1 Å². The lowest BCUT2D eigenvalue weighted by Gasteiger charge is -2.14. The molecule has 2 nitrogen and oxygen atoms in total. The summed E-state index contributed by atoms with van der Waals surface area (Å²) in [5, 5.41) is 9.19. The number of halogens is 1. The molecule has 0 saturated heterocycles. The van der Waals surface area contributed by atoms with Crippen molar-refractivity contribution in [2.75, 3.05) is 0 Å². The fraction of sp³-hybridized carbons (Fsp3) is 0.417. The van der Waals surface area contributed by atoms with Crippen molar-refractivity contribution in [2.24, 2.45) is 0 Å². The van der Waals surface area contributed by atoms with Gasteiger partial charge in [-0.2, -0.15) is 0 Å². The van der Waals surface area contributed by atoms with E-state index in [2.05, 4.69) is 15.9 Å². The molecule has 0 radical (unpaired) electrons. The summed E-state index contributed by atoms with van der Waals surface area (Å²) in [7, 11) is 0. The number of aliphatic hydroxyl groups excluding tert-OH is 1. The van der Waals surface area contributed by atoms with Crippen molar-refractivity contribution in [3.8, 4) is 0 Å². The Hall–Kier alpha value is -0.670. The number of hydrogen-bond donors (Lipinski definition) is 1. The Morgan fingerprint density at radius 3 is 2.67 bits per heavy atom. The van der Waals surface area contributed by atoms with Crippen molar-refractivity contribution in [1.82, 2.24) is 0 Å². The molecule has 0 aliphatic carbocycles. The second-order valence-corrected chi connectivity index (χ2v) is 4.39. The van der Waals surface area contributed by atoms with Gasteiger partial charge in [-0.25, -0.2) is 0 Å². The van der Waals surface area contributed by atoms with Gasteiger partial charge in [0.15, 0.2) is 0 Å². The molecule has 1 N–H and O–H groups in total. The van der Waals surface area contributed by atoms with Gasteiger partial charge in [0.2, 0.25) is 0 Å². The van der Waals surface area contributed by atoms with E-state index in [-0.39, 0.29) is 17.2 Å². The van der Waals surface area contributed by atoms with Crippen molar-refractivity contribution in [2.45, 2.75) is 31.7 Å². The van der Waals surface area contributed by atoms with Crippen LogP contribution in [0.3, 0.4) is 0 Å². The first-order valence-corrected chi connectivity index (χ1v) is 5.89. The maximum atomic E-state index is 11.3. The predicted molar refractivity (Wildman–Crippen MR) is 64.1 cm³/mol. The molecule has 1 rings (SSSR count). The summed E-state index contributed by atoms with van der Waals surface area (Å²) in [6, 6.07) is 5.69. The van der Waals surface area contributed by atoms with Crippen LogP contribution in [0.5, 0.6) is 0 Å². The zero-order chi connectivity index (χ0) is 11.4. The number of benzene rings is 1. The van der Waals surface area contributed by atoms with Crippen LogP contribution in [0.2, 0.25) is 0 Å². The Balaban J connectivity index is 3.22. The number of rotatable bonds is 4. The molecule has 0 aliphatic heterocycles. The van der Waals surface area contributed by atoms with Crippen molar-refractivity contribution in [3.05, 3.63) is 34.9 Å². The minimum Gasteiger partial charge on any atom is -0.392 e. The van der Waals surface area contributed by atoms with Gasteiger partial charge in [-0.05, 0) is 30.0 Å². The second-order valence-electron chi connectivity index (χ2n) is 3.47. The first-order valence-electron chi connectivity index (χ1n) is 4.97. The quantitative estimate of drug-likeness (QED) is 0.855. The van der Waals surface area contributed by atoms with E-state index >= 15 is 0 Å². The van der Waals surface area contributed by atoms with Gasteiger partial charge >= 0.3 is 0 Å². The molecule has 1 aromatic carbocycles. The van der Waals surface area contributed by atoms with Gasteiger partial charge in [0.1, 0.15) is 5.78 Å². The van der Waals surface area contributed by atoms with Gasteiger partial charge in [-0.1, -0.05) is 41.1 Å². The minimum atomic E-state index is -0.265. The number of hydrogen-bond acceptors (Lipinski definition) is 2. The average Bonchev–Trinajstić information content (AvgIpc) is 2.26. The third-order valence-electron chi connectivity index (χ3n) is 2.46. The first kappa shape index (κ1) is 12.4. The third-order valence-corrected chi connectivity index (χ3v) is 3.60. The van der Waals surface area contributed by atoms with Crippen LogP contribution >= 0.6 is 15.9 Å². The van der Waals surface area contributed by atoms with Crippen LogP contribution in [0, 0.1) is 0 Å². The van der Waals surface area contributed by atoms with Crippen LogP contribution in [0.1, 0.15) is 35.4 Å². The van der Waals surface area contributed by atoms with E-state index in [1.54, 1.807) is 6.92 Å². The van der Waals surface area contributed by atoms with Gasteiger partial charge in [0, 0.05) is 0 Å². The number of carbonyl (C=O) groups excluding carboxylic acids is 1. The normalized spacial score (nSPS) is 12.5. The summed E-state index contributed by atoms with van der Waals surface area (Å²) in [5.74, 6) is 0.0831. The highest BCUT2D eigenvalue weighted by Crippen LogP contribution is 2.29. The van der Waals surface area contributed by atoms with Crippen LogP contribution in [0.4, 0.5) is 0 Å². The highest BCUT2D eigenvalue weighted by Gasteiger charge is 2.17. The summed E-state index contributed by atoms with van der Waals surface area (Å²) >= 11 is 3.37. The molecule has 15 heavy (non-hydrogen) atoms. The summed E-state index contributed by atoms with van der Waals surface area (Å²) in [6.07, 6.45) is 0.821. The van der Waals surface area contributed by atoms with Crippen molar-refractivity contribution in [3.63, 3.8) is 0 Å². The lowest BCUT2D eigenvalue weighted by molar-refractivity contribution is -0.116. The molecule has 82 valence electrons. The summed E-state index contributed by atoms with van der Waals surface area (Å²) in [4.78, 5) is 11.0. The van der Waals surface area contributed by atoms with E-state index in [1.165, 1.54) is 0 Å². The van der Waals surface area contributed by atoms with Gasteiger partial charge in [-0.15, -0.1) is 0 Å². The Labute approximate surface area is 98.4 Å². The topological polar surface area (TPSA) is 37.3 Å². The molecule has 1 aromatic rings. The number of aliphatic hydroxyl groups is 1. The first-order chi connectivity index (χ1) is 7.11. The lowest BCUT2D eigenvalue weighted by atomic mass is 9.96. The smallest absolute Gasteiger partial charge is 0.147 e. The van der Waals surface area contributed by atoms with Gasteiger partial charge < -0.3 is 5.11 Å². The Morgan fingerprint density at radius 2 is 2.20 bits per heavy atom. The molecule has 0 aromatic heterocycles. The molecule has 0 aliphatic rings. The van der Waals surface area contributed by atoms with Gasteiger partial charge in [0.05, 0.1) is 11.4 Å². The van der Waals surface area contributed by atoms with Gasteiger partial charge in [-0.3, -0.25) is 4.79 Å². The molecule has 3 heteroatoms. The molecule has 0 fully saturated rings. The highest BCUT2D eigenvalue weighted by atomic mass is 79.9. The minimum absolute atomic E-state index is 0.0225. The maximum absolute atomic E-state index is 11.3. The van der Waals surface area contributed by atoms with E-state index < -0.39 is 0 Å². The summed E-state index contributed by atoms with van der Waals surface area (Å²) in [6.45, 7) is 3.61. The van der Waals surface area contributed by atoms with Crippen LogP contribution in [-0.4, -0.2) is 10.9 Å². The SMILES string of the molecule is CCc1c(CO)cccc1C(Br)C(C)=O. The van der Waals surface area contributed by atoms with Crippen molar-refractivity contribution < 1.29 is 9.90 Å². The molecule has 0 bridgehead atoms. The largest absolute Gasteiger partial charge is 0.392 e. The molecule has 0 amide bonds. The van der Waals surface area contributed by atoms with Crippen LogP contribution in [0.25, 0.3) is 0 Å². The molecule has 1 atom stereocenters. The summed E-state index contributed by atoms with van der Waals surface area (Å²) < 4.78 is 0.